The van der Waals surface area contributed by atoms with E-state index < -0.39 is 0 Å². The smallest absolute Gasteiger partial charge is 0.0714 e. The van der Waals surface area contributed by atoms with Gasteiger partial charge in [0.25, 0.3) is 0 Å². The molecule has 9 rings (SSSR count). The summed E-state index contributed by atoms with van der Waals surface area (Å²) < 4.78 is 0. The molecule has 263 valence electrons. The molecular formula is C50H37IrN3-2. The summed E-state index contributed by atoms with van der Waals surface area (Å²) in [7, 11) is 0. The SMILES string of the molecule is Cc1ccnc(-c2[c-]ccc(-c3cc(-c4cc5ncccc5c5ccc(-c6ccccc6)cc45)c(C)cc3C)c2)c1.[Ir].[c-]1ccccc1-c1ccccn1. The maximum Gasteiger partial charge on any atom is 0.0714 e. The van der Waals surface area contributed by atoms with Crippen molar-refractivity contribution in [3.8, 4) is 55.9 Å². The van der Waals surface area contributed by atoms with Gasteiger partial charge in [-0.2, -0.15) is 0 Å². The first-order valence-electron chi connectivity index (χ1n) is 17.8. The van der Waals surface area contributed by atoms with E-state index in [0.717, 1.165) is 33.6 Å². The minimum Gasteiger partial charge on any atom is -0.305 e. The Kier molecular flexibility index (Phi) is 11.0. The number of fused-ring (bicyclic) bond motifs is 3. The van der Waals surface area contributed by atoms with Crippen LogP contribution in [0.3, 0.4) is 0 Å². The van der Waals surface area contributed by atoms with Crippen molar-refractivity contribution in [2.75, 3.05) is 0 Å². The maximum atomic E-state index is 4.77. The Morgan fingerprint density at radius 2 is 1.19 bits per heavy atom. The number of pyridine rings is 3. The molecule has 0 unspecified atom stereocenters. The number of benzene rings is 6. The van der Waals surface area contributed by atoms with Crippen LogP contribution in [-0.4, -0.2) is 15.0 Å². The summed E-state index contributed by atoms with van der Waals surface area (Å²) in [6.45, 7) is 6.50. The van der Waals surface area contributed by atoms with Crippen molar-refractivity contribution in [3.05, 3.63) is 199 Å². The number of hydrogen-bond acceptors (Lipinski definition) is 3. The van der Waals surface area contributed by atoms with Crippen LogP contribution in [0.2, 0.25) is 0 Å². The first kappa shape index (κ1) is 36.3. The molecule has 54 heavy (non-hydrogen) atoms. The summed E-state index contributed by atoms with van der Waals surface area (Å²) in [5.41, 5.74) is 15.9. The van der Waals surface area contributed by atoms with E-state index in [1.54, 1.807) is 6.20 Å². The molecule has 0 aliphatic rings. The van der Waals surface area contributed by atoms with E-state index in [0.29, 0.717) is 0 Å². The Morgan fingerprint density at radius 3 is 1.98 bits per heavy atom. The van der Waals surface area contributed by atoms with Crippen LogP contribution < -0.4 is 0 Å². The Hall–Kier alpha value is -6.06. The molecule has 0 N–H and O–H groups in total. The molecule has 0 amide bonds. The topological polar surface area (TPSA) is 38.7 Å². The fraction of sp³-hybridized carbons (Fsp3) is 0.0600. The quantitative estimate of drug-likeness (QED) is 0.128. The Bertz CT molecular complexity index is 2650. The van der Waals surface area contributed by atoms with Gasteiger partial charge in [0, 0.05) is 44.1 Å². The minimum absolute atomic E-state index is 0. The van der Waals surface area contributed by atoms with Crippen LogP contribution in [0.15, 0.2) is 170 Å². The van der Waals surface area contributed by atoms with Crippen LogP contribution >= 0.6 is 0 Å². The molecule has 0 atom stereocenters. The molecule has 0 spiro atoms. The van der Waals surface area contributed by atoms with Crippen molar-refractivity contribution in [2.45, 2.75) is 20.8 Å². The third kappa shape index (κ3) is 7.68. The third-order valence-electron chi connectivity index (χ3n) is 9.64. The van der Waals surface area contributed by atoms with Crippen LogP contribution in [0.4, 0.5) is 0 Å². The zero-order valence-electron chi connectivity index (χ0n) is 30.3. The summed E-state index contributed by atoms with van der Waals surface area (Å²) in [5.74, 6) is 0. The number of aromatic nitrogens is 3. The molecule has 1 radical (unpaired) electrons. The van der Waals surface area contributed by atoms with E-state index in [9.17, 15) is 0 Å². The first-order chi connectivity index (χ1) is 26.0. The largest absolute Gasteiger partial charge is 0.305 e. The second-order valence-corrected chi connectivity index (χ2v) is 13.3. The van der Waals surface area contributed by atoms with Crippen LogP contribution in [0.5, 0.6) is 0 Å². The monoisotopic (exact) mass is 872 g/mol. The van der Waals surface area contributed by atoms with Gasteiger partial charge in [-0.05, 0) is 118 Å². The molecule has 9 aromatic rings. The molecule has 3 nitrogen and oxygen atoms in total. The number of rotatable bonds is 5. The van der Waals surface area contributed by atoms with E-state index >= 15 is 0 Å². The van der Waals surface area contributed by atoms with Gasteiger partial charge in [0.15, 0.2) is 0 Å². The Morgan fingerprint density at radius 1 is 0.407 bits per heavy atom. The summed E-state index contributed by atoms with van der Waals surface area (Å²) >= 11 is 0. The van der Waals surface area contributed by atoms with Crippen LogP contribution in [-0.2, 0) is 20.1 Å². The van der Waals surface area contributed by atoms with E-state index in [1.165, 1.54) is 60.7 Å². The van der Waals surface area contributed by atoms with Crippen LogP contribution in [0.25, 0.3) is 77.6 Å². The van der Waals surface area contributed by atoms with Crippen LogP contribution in [0.1, 0.15) is 16.7 Å². The van der Waals surface area contributed by atoms with Crippen molar-refractivity contribution in [1.82, 2.24) is 15.0 Å². The molecule has 6 aromatic carbocycles. The van der Waals surface area contributed by atoms with Gasteiger partial charge < -0.3 is 9.97 Å². The second kappa shape index (κ2) is 16.3. The number of nitrogens with zero attached hydrogens (tertiary/aromatic N) is 3. The first-order valence-corrected chi connectivity index (χ1v) is 17.8. The molecule has 0 bridgehead atoms. The Balaban J connectivity index is 0.000000294. The molecule has 0 saturated carbocycles. The van der Waals surface area contributed by atoms with Crippen molar-refractivity contribution < 1.29 is 20.1 Å². The van der Waals surface area contributed by atoms with E-state index in [-0.39, 0.29) is 20.1 Å². The van der Waals surface area contributed by atoms with Gasteiger partial charge in [0.1, 0.15) is 0 Å². The molecule has 0 fully saturated rings. The number of hydrogen-bond donors (Lipinski definition) is 0. The van der Waals surface area contributed by atoms with Gasteiger partial charge in [-0.1, -0.05) is 78.4 Å². The zero-order chi connectivity index (χ0) is 36.1. The van der Waals surface area contributed by atoms with Crippen LogP contribution in [0, 0.1) is 32.9 Å². The molecule has 0 saturated heterocycles. The van der Waals surface area contributed by atoms with Gasteiger partial charge >= 0.3 is 0 Å². The second-order valence-electron chi connectivity index (χ2n) is 13.3. The third-order valence-corrected chi connectivity index (χ3v) is 9.64. The van der Waals surface area contributed by atoms with Crippen molar-refractivity contribution in [1.29, 1.82) is 0 Å². The van der Waals surface area contributed by atoms with E-state index in [2.05, 4.69) is 134 Å². The fourth-order valence-electron chi connectivity index (χ4n) is 7.00. The molecular weight excluding hydrogens is 835 g/mol. The summed E-state index contributed by atoms with van der Waals surface area (Å²) in [5, 5.41) is 3.62. The predicted octanol–water partition coefficient (Wildman–Crippen LogP) is 12.7. The average molecular weight is 872 g/mol. The molecule has 3 aromatic heterocycles. The maximum absolute atomic E-state index is 4.77. The van der Waals surface area contributed by atoms with E-state index in [4.69, 9.17) is 4.98 Å². The molecule has 0 aliphatic carbocycles. The van der Waals surface area contributed by atoms with Gasteiger partial charge in [-0.3, -0.25) is 4.98 Å². The standard InChI is InChI=1S/C39H29N2.C11H8N.Ir/c1-25-16-18-41-38(19-25)31-12-7-11-30(21-31)34-23-35(27(3)20-26(34)2)37-24-39-33(13-8-17-40-39)32-15-14-29(22-36(32)37)28-9-5-4-6-10-28;1-2-6-10(7-3-1)11-8-4-5-9-12-11;/h4-11,13-24H,1-3H3;1-6,8-9H;/q2*-1;. The van der Waals surface area contributed by atoms with Crippen molar-refractivity contribution in [2.24, 2.45) is 0 Å². The summed E-state index contributed by atoms with van der Waals surface area (Å²) in [4.78, 5) is 13.6. The van der Waals surface area contributed by atoms with Crippen molar-refractivity contribution in [3.63, 3.8) is 0 Å². The van der Waals surface area contributed by atoms with E-state index in [1.807, 2.05) is 73.1 Å². The summed E-state index contributed by atoms with van der Waals surface area (Å²) in [6, 6.07) is 59.2. The molecule has 4 heteroatoms. The van der Waals surface area contributed by atoms with Gasteiger partial charge in [-0.25, -0.2) is 0 Å². The minimum atomic E-state index is 0. The summed E-state index contributed by atoms with van der Waals surface area (Å²) in [6.07, 6.45) is 5.53. The normalized spacial score (nSPS) is 10.7. The van der Waals surface area contributed by atoms with Gasteiger partial charge in [0.2, 0.25) is 0 Å². The zero-order valence-corrected chi connectivity index (χ0v) is 32.7. The predicted molar refractivity (Wildman–Crippen MR) is 220 cm³/mol. The van der Waals surface area contributed by atoms with Crippen molar-refractivity contribution >= 4 is 21.7 Å². The average Bonchev–Trinajstić information content (AvgIpc) is 3.22. The number of aryl methyl sites for hydroxylation is 3. The van der Waals surface area contributed by atoms with Gasteiger partial charge in [-0.15, -0.1) is 71.3 Å². The molecule has 0 aliphatic heterocycles. The van der Waals surface area contributed by atoms with Gasteiger partial charge in [0.05, 0.1) is 5.52 Å². The Labute approximate surface area is 330 Å². The fourth-order valence-corrected chi connectivity index (χ4v) is 7.00. The molecule has 3 heterocycles.